The zero-order valence-electron chi connectivity index (χ0n) is 19.8. The van der Waals surface area contributed by atoms with Crippen molar-refractivity contribution in [1.82, 2.24) is 16.0 Å². The fourth-order valence-corrected chi connectivity index (χ4v) is 2.79. The Morgan fingerprint density at radius 2 is 1.17 bits per heavy atom. The Balaban J connectivity index is 5.46. The second-order valence-electron chi connectivity index (χ2n) is 7.67. The van der Waals surface area contributed by atoms with Gasteiger partial charge in [0, 0.05) is 19.5 Å². The number of nitrogens with zero attached hydrogens (tertiary/aromatic N) is 2. The zero-order chi connectivity index (χ0) is 27.7. The van der Waals surface area contributed by atoms with Crippen LogP contribution < -0.4 is 44.6 Å². The number of aliphatic imine (C=N–C) groups is 2. The number of nitrogens with two attached hydrogens (primary N) is 5. The van der Waals surface area contributed by atoms with Gasteiger partial charge in [-0.05, 0) is 32.1 Å². The molecule has 0 heterocycles. The van der Waals surface area contributed by atoms with Crippen LogP contribution in [0.5, 0.6) is 0 Å². The van der Waals surface area contributed by atoms with Crippen LogP contribution in [0, 0.1) is 0 Å². The number of carboxylic acid groups (broad SMARTS) is 2. The summed E-state index contributed by atoms with van der Waals surface area (Å²) in [7, 11) is 0. The summed E-state index contributed by atoms with van der Waals surface area (Å²) >= 11 is 0. The maximum Gasteiger partial charge on any atom is 0.322 e. The molecular weight excluding hydrogens is 480 g/mol. The number of hydrogen-bond acceptors (Lipinski definition) is 8. The SMILES string of the molecule is NC(N)=NCCCC(NC(=O)C(N)CCC(=O)O)C(=O)NC(CCCN=C(N)N)C(=O)NCC(=O)O. The Kier molecular flexibility index (Phi) is 15.3. The zero-order valence-corrected chi connectivity index (χ0v) is 19.8. The minimum Gasteiger partial charge on any atom is -0.481 e. The quantitative estimate of drug-likeness (QED) is 0.0467. The van der Waals surface area contributed by atoms with E-state index in [9.17, 15) is 24.0 Å². The topological polar surface area (TPSA) is 317 Å². The highest BCUT2D eigenvalue weighted by atomic mass is 16.4. The Morgan fingerprint density at radius 1 is 0.694 bits per heavy atom. The molecular formula is C19H36N10O7. The molecule has 0 spiro atoms. The largest absolute Gasteiger partial charge is 0.481 e. The predicted octanol–water partition coefficient (Wildman–Crippen LogP) is -4.54. The molecule has 36 heavy (non-hydrogen) atoms. The van der Waals surface area contributed by atoms with E-state index in [1.54, 1.807) is 0 Å². The Labute approximate surface area is 207 Å². The van der Waals surface area contributed by atoms with Crippen molar-refractivity contribution < 1.29 is 34.2 Å². The first kappa shape index (κ1) is 31.8. The molecule has 17 heteroatoms. The van der Waals surface area contributed by atoms with Crippen LogP contribution >= 0.6 is 0 Å². The highest BCUT2D eigenvalue weighted by molar-refractivity contribution is 5.93. The van der Waals surface area contributed by atoms with Gasteiger partial charge in [0.05, 0.1) is 6.04 Å². The van der Waals surface area contributed by atoms with E-state index in [1.165, 1.54) is 0 Å². The molecule has 0 fully saturated rings. The van der Waals surface area contributed by atoms with Crippen LogP contribution in [0.4, 0.5) is 0 Å². The smallest absolute Gasteiger partial charge is 0.322 e. The summed E-state index contributed by atoms with van der Waals surface area (Å²) in [5.74, 6) is -5.02. The lowest BCUT2D eigenvalue weighted by Crippen LogP contribution is -2.56. The minimum atomic E-state index is -1.28. The van der Waals surface area contributed by atoms with Crippen molar-refractivity contribution in [3.8, 4) is 0 Å². The molecule has 0 saturated carbocycles. The third kappa shape index (κ3) is 15.6. The van der Waals surface area contributed by atoms with E-state index in [0.29, 0.717) is 0 Å². The summed E-state index contributed by atoms with van der Waals surface area (Å²) in [6, 6.07) is -3.53. The highest BCUT2D eigenvalue weighted by Gasteiger charge is 2.28. The van der Waals surface area contributed by atoms with E-state index in [2.05, 4.69) is 25.9 Å². The predicted molar refractivity (Wildman–Crippen MR) is 129 cm³/mol. The standard InChI is InChI=1S/C19H36N10O7/c20-10(5-6-13(30)31)15(34)28-12(4-2-8-26-19(23)24)17(36)29-11(3-1-7-25-18(21)22)16(35)27-9-14(32)33/h10-12H,1-9,20H2,(H,27,35)(H,28,34)(H,29,36)(H,30,31)(H,32,33)(H4,21,22,25)(H4,23,24,26). The third-order valence-corrected chi connectivity index (χ3v) is 4.58. The summed E-state index contributed by atoms with van der Waals surface area (Å²) < 4.78 is 0. The molecule has 0 aliphatic heterocycles. The molecule has 0 aromatic rings. The molecule has 3 atom stereocenters. The molecule has 0 rings (SSSR count). The molecule has 0 aliphatic rings. The van der Waals surface area contributed by atoms with Crippen molar-refractivity contribution in [3.63, 3.8) is 0 Å². The molecule has 0 aromatic heterocycles. The molecule has 0 aliphatic carbocycles. The fourth-order valence-electron chi connectivity index (χ4n) is 2.79. The van der Waals surface area contributed by atoms with E-state index in [0.717, 1.165) is 0 Å². The summed E-state index contributed by atoms with van der Waals surface area (Å²) in [5.41, 5.74) is 26.8. The van der Waals surface area contributed by atoms with Gasteiger partial charge in [-0.2, -0.15) is 0 Å². The summed E-state index contributed by atoms with van der Waals surface area (Å²) in [5, 5.41) is 24.7. The van der Waals surface area contributed by atoms with Crippen molar-refractivity contribution in [2.24, 2.45) is 38.7 Å². The van der Waals surface area contributed by atoms with E-state index in [-0.39, 0.29) is 63.5 Å². The Morgan fingerprint density at radius 3 is 1.61 bits per heavy atom. The van der Waals surface area contributed by atoms with Gasteiger partial charge in [0.2, 0.25) is 17.7 Å². The first-order valence-corrected chi connectivity index (χ1v) is 11.0. The van der Waals surface area contributed by atoms with Crippen LogP contribution in [-0.4, -0.2) is 89.6 Å². The van der Waals surface area contributed by atoms with Gasteiger partial charge in [0.25, 0.3) is 0 Å². The molecule has 17 nitrogen and oxygen atoms in total. The number of aliphatic carboxylic acids is 2. The van der Waals surface area contributed by atoms with E-state index >= 15 is 0 Å². The number of amides is 3. The van der Waals surface area contributed by atoms with E-state index < -0.39 is 54.3 Å². The average Bonchev–Trinajstić information content (AvgIpc) is 2.78. The first-order valence-electron chi connectivity index (χ1n) is 11.0. The Hall–Kier alpha value is -4.15. The molecule has 0 saturated heterocycles. The highest BCUT2D eigenvalue weighted by Crippen LogP contribution is 2.05. The molecule has 204 valence electrons. The van der Waals surface area contributed by atoms with E-state index in [4.69, 9.17) is 38.9 Å². The van der Waals surface area contributed by atoms with E-state index in [1.807, 2.05) is 0 Å². The fraction of sp³-hybridized carbons (Fsp3) is 0.632. The monoisotopic (exact) mass is 516 g/mol. The van der Waals surface area contributed by atoms with Crippen LogP contribution in [0.25, 0.3) is 0 Å². The van der Waals surface area contributed by atoms with Gasteiger partial charge in [0.15, 0.2) is 11.9 Å². The van der Waals surface area contributed by atoms with Crippen molar-refractivity contribution in [2.75, 3.05) is 19.6 Å². The second kappa shape index (κ2) is 17.3. The molecule has 3 unspecified atom stereocenters. The van der Waals surface area contributed by atoms with Gasteiger partial charge in [-0.15, -0.1) is 0 Å². The van der Waals surface area contributed by atoms with Gasteiger partial charge in [0.1, 0.15) is 18.6 Å². The average molecular weight is 517 g/mol. The van der Waals surface area contributed by atoms with Crippen molar-refractivity contribution >= 4 is 41.6 Å². The molecule has 0 bridgehead atoms. The van der Waals surface area contributed by atoms with Crippen molar-refractivity contribution in [2.45, 2.75) is 56.7 Å². The lowest BCUT2D eigenvalue weighted by atomic mass is 10.1. The molecule has 0 radical (unpaired) electrons. The third-order valence-electron chi connectivity index (χ3n) is 4.58. The number of nitrogens with one attached hydrogen (secondary N) is 3. The van der Waals surface area contributed by atoms with Crippen LogP contribution in [-0.2, 0) is 24.0 Å². The van der Waals surface area contributed by atoms with Gasteiger partial charge in [-0.3, -0.25) is 34.0 Å². The normalized spacial score (nSPS) is 12.8. The summed E-state index contributed by atoms with van der Waals surface area (Å²) in [6.45, 7) is -0.373. The van der Waals surface area contributed by atoms with Gasteiger partial charge in [-0.25, -0.2) is 0 Å². The first-order chi connectivity index (χ1) is 16.8. The molecule has 0 aromatic carbocycles. The molecule has 15 N–H and O–H groups in total. The van der Waals surface area contributed by atoms with Gasteiger partial charge in [-0.1, -0.05) is 0 Å². The maximum atomic E-state index is 13.0. The van der Waals surface area contributed by atoms with Gasteiger partial charge >= 0.3 is 11.9 Å². The summed E-state index contributed by atoms with van der Waals surface area (Å²) in [6.07, 6.45) is 0.135. The van der Waals surface area contributed by atoms with Crippen LogP contribution in [0.1, 0.15) is 38.5 Å². The number of carbonyl (C=O) groups is 5. The minimum absolute atomic E-state index is 0.0530. The number of rotatable bonds is 18. The number of carboxylic acids is 2. The van der Waals surface area contributed by atoms with Crippen molar-refractivity contribution in [1.29, 1.82) is 0 Å². The Bertz CT molecular complexity index is 825. The number of guanidine groups is 2. The lowest BCUT2D eigenvalue weighted by molar-refractivity contribution is -0.139. The molecule has 3 amide bonds. The van der Waals surface area contributed by atoms with Crippen molar-refractivity contribution in [3.05, 3.63) is 0 Å². The van der Waals surface area contributed by atoms with Gasteiger partial charge < -0.3 is 54.8 Å². The number of carbonyl (C=O) groups excluding carboxylic acids is 3. The lowest BCUT2D eigenvalue weighted by Gasteiger charge is -2.24. The van der Waals surface area contributed by atoms with Crippen LogP contribution in [0.15, 0.2) is 9.98 Å². The maximum absolute atomic E-state index is 13.0. The van der Waals surface area contributed by atoms with Crippen LogP contribution in [0.2, 0.25) is 0 Å². The summed E-state index contributed by atoms with van der Waals surface area (Å²) in [4.78, 5) is 67.0. The second-order valence-corrected chi connectivity index (χ2v) is 7.67. The van der Waals surface area contributed by atoms with Crippen LogP contribution in [0.3, 0.4) is 0 Å². The number of hydrogen-bond donors (Lipinski definition) is 10.